The fourth-order valence-electron chi connectivity index (χ4n) is 5.46. The highest BCUT2D eigenvalue weighted by Gasteiger charge is 2.27. The summed E-state index contributed by atoms with van der Waals surface area (Å²) in [5, 5.41) is 0. The molecule has 3 aliphatic carbocycles. The summed E-state index contributed by atoms with van der Waals surface area (Å²) in [5.41, 5.74) is 17.1. The van der Waals surface area contributed by atoms with Gasteiger partial charge in [-0.25, -0.2) is 0 Å². The first-order valence-electron chi connectivity index (χ1n) is 13.1. The second-order valence-corrected chi connectivity index (χ2v) is 10.0. The highest BCUT2D eigenvalue weighted by molar-refractivity contribution is 5.93. The standard InChI is InChI=1S/C36H31N/c1-26-12-6-3-11-17-35-33(26)20-21-34-27(2)18-19-31(30-15-9-5-10-16-30)25-37(36(34)35)32-23-29(24-32)22-28-13-7-4-8-14-28/h3-7,9-13,15-16,18-21,25H,1-2,8,14,17,22-23H2/b11-3-,12-6-,19-18-,31-25+. The Morgan fingerprint density at radius 1 is 0.838 bits per heavy atom. The Bertz CT molecular complexity index is 1540. The number of anilines is 1. The summed E-state index contributed by atoms with van der Waals surface area (Å²) in [4.78, 5) is 2.39. The molecular formula is C36H31N. The summed E-state index contributed by atoms with van der Waals surface area (Å²) < 4.78 is 0. The van der Waals surface area contributed by atoms with E-state index in [9.17, 15) is 0 Å². The Hall–Kier alpha value is -4.32. The fraction of sp³-hybridized carbons (Fsp3) is 0.139. The number of fused-ring (bicyclic) bond motifs is 3. The van der Waals surface area contributed by atoms with Crippen LogP contribution in [-0.2, 0) is 6.42 Å². The van der Waals surface area contributed by atoms with E-state index in [1.165, 1.54) is 39.2 Å². The molecule has 2 aromatic carbocycles. The molecule has 0 bridgehead atoms. The lowest BCUT2D eigenvalue weighted by atomic mass is 9.86. The zero-order valence-electron chi connectivity index (χ0n) is 21.2. The van der Waals surface area contributed by atoms with Crippen molar-refractivity contribution in [2.75, 3.05) is 4.90 Å². The zero-order valence-corrected chi connectivity index (χ0v) is 21.2. The Kier molecular flexibility index (Phi) is 6.23. The van der Waals surface area contributed by atoms with Gasteiger partial charge in [0.2, 0.25) is 0 Å². The Morgan fingerprint density at radius 3 is 2.46 bits per heavy atom. The third-order valence-electron chi connectivity index (χ3n) is 7.45. The Balaban J connectivity index is 1.54. The molecule has 0 aromatic heterocycles. The first-order chi connectivity index (χ1) is 18.2. The minimum absolute atomic E-state index is 0.840. The predicted molar refractivity (Wildman–Crippen MR) is 159 cm³/mol. The number of allylic oxidation sites excluding steroid dienone is 13. The summed E-state index contributed by atoms with van der Waals surface area (Å²) in [6.07, 6.45) is 27.0. The van der Waals surface area contributed by atoms with Crippen LogP contribution in [0.5, 0.6) is 0 Å². The number of hydrogen-bond acceptors (Lipinski definition) is 1. The van der Waals surface area contributed by atoms with Crippen molar-refractivity contribution >= 4 is 22.4 Å². The van der Waals surface area contributed by atoms with Crippen LogP contribution in [0.25, 0.3) is 16.7 Å². The van der Waals surface area contributed by atoms with Crippen LogP contribution in [0.2, 0.25) is 0 Å². The van der Waals surface area contributed by atoms with Gasteiger partial charge in [0, 0.05) is 18.2 Å². The van der Waals surface area contributed by atoms with Gasteiger partial charge < -0.3 is 4.90 Å². The first kappa shape index (κ1) is 23.1. The summed E-state index contributed by atoms with van der Waals surface area (Å²) in [5.74, 6) is 0. The lowest BCUT2D eigenvalue weighted by Crippen LogP contribution is -2.23. The lowest BCUT2D eigenvalue weighted by molar-refractivity contribution is 0.853. The van der Waals surface area contributed by atoms with Gasteiger partial charge in [-0.1, -0.05) is 122 Å². The van der Waals surface area contributed by atoms with Crippen molar-refractivity contribution in [1.29, 1.82) is 0 Å². The smallest absolute Gasteiger partial charge is 0.0697 e. The molecule has 0 saturated carbocycles. The van der Waals surface area contributed by atoms with Gasteiger partial charge >= 0.3 is 0 Å². The molecule has 180 valence electrons. The Morgan fingerprint density at radius 2 is 1.65 bits per heavy atom. The normalized spacial score (nSPS) is 22.3. The first-order valence-corrected chi connectivity index (χ1v) is 13.1. The van der Waals surface area contributed by atoms with Crippen LogP contribution in [0.3, 0.4) is 0 Å². The zero-order chi connectivity index (χ0) is 25.2. The molecule has 2 aromatic rings. The average Bonchev–Trinajstić information content (AvgIpc) is 2.89. The molecule has 1 aliphatic heterocycles. The summed E-state index contributed by atoms with van der Waals surface area (Å²) in [7, 11) is 0. The maximum atomic E-state index is 4.48. The van der Waals surface area contributed by atoms with Crippen LogP contribution in [-0.4, -0.2) is 0 Å². The number of hydrogen-bond donors (Lipinski definition) is 0. The highest BCUT2D eigenvalue weighted by atomic mass is 15.1. The van der Waals surface area contributed by atoms with Gasteiger partial charge in [-0.05, 0) is 64.7 Å². The molecule has 0 atom stereocenters. The van der Waals surface area contributed by atoms with E-state index in [-0.39, 0.29) is 0 Å². The average molecular weight is 478 g/mol. The molecule has 0 saturated heterocycles. The van der Waals surface area contributed by atoms with Gasteiger partial charge in [0.1, 0.15) is 0 Å². The van der Waals surface area contributed by atoms with Crippen LogP contribution in [0.15, 0.2) is 139 Å². The van der Waals surface area contributed by atoms with E-state index in [2.05, 4.69) is 127 Å². The van der Waals surface area contributed by atoms with Gasteiger partial charge in [0.15, 0.2) is 0 Å². The summed E-state index contributed by atoms with van der Waals surface area (Å²) >= 11 is 0. The molecule has 1 nitrogen and oxygen atoms in total. The van der Waals surface area contributed by atoms with E-state index in [1.54, 1.807) is 0 Å². The van der Waals surface area contributed by atoms with E-state index >= 15 is 0 Å². The number of rotatable bonds is 4. The van der Waals surface area contributed by atoms with Crippen LogP contribution in [0.1, 0.15) is 47.9 Å². The molecule has 1 heteroatoms. The molecule has 6 rings (SSSR count). The SMILES string of the molecule is C=C1/C=C\C=C/Cc2c1ccc1c2N(C2=C=C(CC3=CC=CCC3)C2)/C=C(c2ccccc2)\C=C/C1=C. The Labute approximate surface area is 220 Å². The van der Waals surface area contributed by atoms with Crippen molar-refractivity contribution in [3.05, 3.63) is 161 Å². The van der Waals surface area contributed by atoms with Gasteiger partial charge in [0.05, 0.1) is 11.4 Å². The second kappa shape index (κ2) is 9.97. The summed E-state index contributed by atoms with van der Waals surface area (Å²) in [6.45, 7) is 8.86. The van der Waals surface area contributed by atoms with Crippen LogP contribution < -0.4 is 4.90 Å². The van der Waals surface area contributed by atoms with Crippen LogP contribution in [0.4, 0.5) is 5.69 Å². The monoisotopic (exact) mass is 477 g/mol. The lowest BCUT2D eigenvalue weighted by Gasteiger charge is -2.34. The van der Waals surface area contributed by atoms with E-state index in [0.717, 1.165) is 54.4 Å². The maximum absolute atomic E-state index is 4.48. The topological polar surface area (TPSA) is 3.24 Å². The van der Waals surface area contributed by atoms with Crippen molar-refractivity contribution in [2.45, 2.75) is 32.1 Å². The maximum Gasteiger partial charge on any atom is 0.0697 e. The molecule has 37 heavy (non-hydrogen) atoms. The minimum atomic E-state index is 0.840. The fourth-order valence-corrected chi connectivity index (χ4v) is 5.46. The molecule has 0 fully saturated rings. The van der Waals surface area contributed by atoms with Crippen LogP contribution in [0, 0.1) is 0 Å². The third-order valence-corrected chi connectivity index (χ3v) is 7.45. The number of benzene rings is 2. The van der Waals surface area contributed by atoms with Crippen molar-refractivity contribution < 1.29 is 0 Å². The molecule has 0 unspecified atom stereocenters. The molecule has 0 radical (unpaired) electrons. The molecule has 0 amide bonds. The van der Waals surface area contributed by atoms with Crippen molar-refractivity contribution in [3.8, 4) is 0 Å². The third kappa shape index (κ3) is 4.62. The molecule has 1 heterocycles. The molecule has 0 N–H and O–H groups in total. The highest BCUT2D eigenvalue weighted by Crippen LogP contribution is 2.43. The molecule has 4 aliphatic rings. The van der Waals surface area contributed by atoms with E-state index in [0.29, 0.717) is 0 Å². The second-order valence-electron chi connectivity index (χ2n) is 10.0. The number of nitrogens with zero attached hydrogens (tertiary/aromatic N) is 1. The summed E-state index contributed by atoms with van der Waals surface area (Å²) in [6, 6.07) is 15.0. The van der Waals surface area contributed by atoms with E-state index in [4.69, 9.17) is 0 Å². The minimum Gasteiger partial charge on any atom is -0.312 e. The quantitative estimate of drug-likeness (QED) is 0.397. The molecular weight excluding hydrogens is 446 g/mol. The van der Waals surface area contributed by atoms with Crippen molar-refractivity contribution in [3.63, 3.8) is 0 Å². The van der Waals surface area contributed by atoms with E-state index < -0.39 is 0 Å². The molecule has 0 spiro atoms. The van der Waals surface area contributed by atoms with Crippen molar-refractivity contribution in [2.24, 2.45) is 0 Å². The van der Waals surface area contributed by atoms with Crippen molar-refractivity contribution in [1.82, 2.24) is 0 Å². The van der Waals surface area contributed by atoms with Crippen LogP contribution >= 0.6 is 0 Å². The van der Waals surface area contributed by atoms with Gasteiger partial charge in [0.25, 0.3) is 0 Å². The van der Waals surface area contributed by atoms with Gasteiger partial charge in [-0.3, -0.25) is 0 Å². The largest absolute Gasteiger partial charge is 0.312 e. The van der Waals surface area contributed by atoms with Gasteiger partial charge in [-0.15, -0.1) is 0 Å². The van der Waals surface area contributed by atoms with E-state index in [1.807, 2.05) is 0 Å². The van der Waals surface area contributed by atoms with Gasteiger partial charge in [-0.2, -0.15) is 0 Å². The predicted octanol–water partition coefficient (Wildman–Crippen LogP) is 9.28.